The number of rotatable bonds is 9. The number of allylic oxidation sites excluding steroid dienone is 1. The molecule has 0 aromatic heterocycles. The van der Waals surface area contributed by atoms with Gasteiger partial charge in [0.15, 0.2) is 0 Å². The summed E-state index contributed by atoms with van der Waals surface area (Å²) in [5.41, 5.74) is 1.05. The topological polar surface area (TPSA) is 111 Å². The van der Waals surface area contributed by atoms with Crippen LogP contribution >= 0.6 is 0 Å². The van der Waals surface area contributed by atoms with Crippen LogP contribution in [0.5, 0.6) is 0 Å². The Hall–Kier alpha value is -2.94. The van der Waals surface area contributed by atoms with Gasteiger partial charge in [0.25, 0.3) is 5.69 Å². The van der Waals surface area contributed by atoms with Gasteiger partial charge in [-0.3, -0.25) is 15.0 Å². The molecule has 158 valence electrons. The molecule has 1 N–H and O–H groups in total. The lowest BCUT2D eigenvalue weighted by Crippen LogP contribution is -2.48. The molecule has 0 fully saturated rings. The number of amides is 2. The first-order valence-electron chi connectivity index (χ1n) is 9.45. The number of benzene rings is 1. The minimum absolute atomic E-state index is 0.0632. The van der Waals surface area contributed by atoms with Gasteiger partial charge in [0.2, 0.25) is 0 Å². The molecule has 1 aliphatic rings. The van der Waals surface area contributed by atoms with Gasteiger partial charge in [-0.1, -0.05) is 26.0 Å². The van der Waals surface area contributed by atoms with E-state index in [9.17, 15) is 19.7 Å². The first-order valence-corrected chi connectivity index (χ1v) is 9.45. The molecule has 9 nitrogen and oxygen atoms in total. The summed E-state index contributed by atoms with van der Waals surface area (Å²) in [4.78, 5) is 37.7. The van der Waals surface area contributed by atoms with Gasteiger partial charge in [-0.15, -0.1) is 0 Å². The quantitative estimate of drug-likeness (QED) is 0.292. The molecule has 2 amide bonds. The molecule has 0 aliphatic carbocycles. The number of carbonyl (C=O) groups excluding carboxylic acids is 2. The molecule has 1 aliphatic heterocycles. The van der Waals surface area contributed by atoms with E-state index >= 15 is 0 Å². The van der Waals surface area contributed by atoms with Gasteiger partial charge in [0.05, 0.1) is 23.1 Å². The third-order valence-electron chi connectivity index (χ3n) is 4.68. The van der Waals surface area contributed by atoms with Crippen molar-refractivity contribution in [2.75, 3.05) is 26.9 Å². The van der Waals surface area contributed by atoms with E-state index in [0.717, 1.165) is 6.42 Å². The van der Waals surface area contributed by atoms with Crippen molar-refractivity contribution < 1.29 is 24.0 Å². The molecule has 1 aromatic rings. The third-order valence-corrected chi connectivity index (χ3v) is 4.68. The Morgan fingerprint density at radius 2 is 2.07 bits per heavy atom. The average molecular weight is 405 g/mol. The van der Waals surface area contributed by atoms with E-state index in [2.05, 4.69) is 5.32 Å². The molecule has 0 bridgehead atoms. The molecule has 29 heavy (non-hydrogen) atoms. The lowest BCUT2D eigenvalue weighted by atomic mass is 9.94. The smallest absolute Gasteiger partial charge is 0.338 e. The lowest BCUT2D eigenvalue weighted by Gasteiger charge is -2.35. The monoisotopic (exact) mass is 405 g/mol. The van der Waals surface area contributed by atoms with Crippen molar-refractivity contribution in [2.24, 2.45) is 5.92 Å². The molecule has 0 unspecified atom stereocenters. The molecule has 0 radical (unpaired) electrons. The summed E-state index contributed by atoms with van der Waals surface area (Å²) < 4.78 is 10.2. The molecule has 2 rings (SSSR count). The number of urea groups is 1. The summed E-state index contributed by atoms with van der Waals surface area (Å²) >= 11 is 0. The average Bonchev–Trinajstić information content (AvgIpc) is 2.67. The van der Waals surface area contributed by atoms with E-state index in [-0.39, 0.29) is 30.5 Å². The number of nitrogens with zero attached hydrogens (tertiary/aromatic N) is 2. The fraction of sp³-hybridized carbons (Fsp3) is 0.500. The zero-order chi connectivity index (χ0) is 21.6. The molecule has 1 aromatic carbocycles. The van der Waals surface area contributed by atoms with E-state index in [1.54, 1.807) is 13.0 Å². The van der Waals surface area contributed by atoms with Crippen LogP contribution in [0.15, 0.2) is 35.5 Å². The highest BCUT2D eigenvalue weighted by Crippen LogP contribution is 2.33. The number of carbonyl (C=O) groups is 2. The highest BCUT2D eigenvalue weighted by atomic mass is 16.6. The van der Waals surface area contributed by atoms with Crippen LogP contribution in [0.1, 0.15) is 38.8 Å². The van der Waals surface area contributed by atoms with E-state index in [1.807, 2.05) is 13.8 Å². The SMILES string of the molecule is COCCOC(=O)C1=C(C)N(CCC(C)C)C(=O)N[C@@H]1c1cccc([N+](=O)[O-])c1. The van der Waals surface area contributed by atoms with Crippen molar-refractivity contribution >= 4 is 17.7 Å². The second-order valence-electron chi connectivity index (χ2n) is 7.20. The van der Waals surface area contributed by atoms with E-state index in [4.69, 9.17) is 9.47 Å². The first kappa shape index (κ1) is 22.4. The second kappa shape index (κ2) is 10.0. The maximum absolute atomic E-state index is 12.8. The molecule has 9 heteroatoms. The van der Waals surface area contributed by atoms with Gasteiger partial charge in [-0.25, -0.2) is 9.59 Å². The highest BCUT2D eigenvalue weighted by molar-refractivity contribution is 5.95. The van der Waals surface area contributed by atoms with Crippen molar-refractivity contribution in [1.82, 2.24) is 10.2 Å². The first-order chi connectivity index (χ1) is 13.8. The molecule has 1 atom stereocenters. The van der Waals surface area contributed by atoms with Crippen molar-refractivity contribution in [1.29, 1.82) is 0 Å². The number of methoxy groups -OCH3 is 1. The fourth-order valence-corrected chi connectivity index (χ4v) is 3.07. The summed E-state index contributed by atoms with van der Waals surface area (Å²) in [5, 5.41) is 13.9. The molecule has 0 spiro atoms. The highest BCUT2D eigenvalue weighted by Gasteiger charge is 2.36. The largest absolute Gasteiger partial charge is 0.460 e. The molecule has 1 heterocycles. The van der Waals surface area contributed by atoms with Crippen LogP contribution in [-0.2, 0) is 14.3 Å². The van der Waals surface area contributed by atoms with Gasteiger partial charge >= 0.3 is 12.0 Å². The second-order valence-corrected chi connectivity index (χ2v) is 7.20. The lowest BCUT2D eigenvalue weighted by molar-refractivity contribution is -0.384. The maximum atomic E-state index is 12.8. The van der Waals surface area contributed by atoms with Crippen LogP contribution in [-0.4, -0.2) is 48.7 Å². The van der Waals surface area contributed by atoms with E-state index in [0.29, 0.717) is 23.7 Å². The fourth-order valence-electron chi connectivity index (χ4n) is 3.07. The minimum Gasteiger partial charge on any atom is -0.460 e. The van der Waals surface area contributed by atoms with Crippen LogP contribution in [0.2, 0.25) is 0 Å². The molecule has 0 saturated carbocycles. The predicted octanol–water partition coefficient (Wildman–Crippen LogP) is 3.17. The van der Waals surface area contributed by atoms with Crippen LogP contribution in [0, 0.1) is 16.0 Å². The molecular weight excluding hydrogens is 378 g/mol. The zero-order valence-electron chi connectivity index (χ0n) is 17.1. The number of nitro benzene ring substituents is 1. The Morgan fingerprint density at radius 1 is 1.34 bits per heavy atom. The summed E-state index contributed by atoms with van der Waals surface area (Å²) in [6.45, 7) is 6.54. The third kappa shape index (κ3) is 5.54. The minimum atomic E-state index is -0.840. The Kier molecular flexibility index (Phi) is 7.72. The van der Waals surface area contributed by atoms with Crippen LogP contribution in [0.25, 0.3) is 0 Å². The van der Waals surface area contributed by atoms with Crippen molar-refractivity contribution in [3.05, 3.63) is 51.2 Å². The summed E-state index contributed by atoms with van der Waals surface area (Å²) in [5.74, 6) is -0.215. The number of ether oxygens (including phenoxy) is 2. The number of hydrogen-bond acceptors (Lipinski definition) is 6. The molecule has 0 saturated heterocycles. The number of esters is 1. The van der Waals surface area contributed by atoms with E-state index in [1.165, 1.54) is 30.2 Å². The van der Waals surface area contributed by atoms with Gasteiger partial charge in [0, 0.05) is 31.5 Å². The van der Waals surface area contributed by atoms with Crippen molar-refractivity contribution in [2.45, 2.75) is 33.2 Å². The van der Waals surface area contributed by atoms with Crippen molar-refractivity contribution in [3.63, 3.8) is 0 Å². The van der Waals surface area contributed by atoms with E-state index < -0.39 is 16.9 Å². The summed E-state index contributed by atoms with van der Waals surface area (Å²) in [6.07, 6.45) is 0.762. The van der Waals surface area contributed by atoms with Crippen LogP contribution in [0.4, 0.5) is 10.5 Å². The number of nitro groups is 1. The molecular formula is C20H27N3O6. The van der Waals surface area contributed by atoms with Crippen LogP contribution in [0.3, 0.4) is 0 Å². The normalized spacial score (nSPS) is 16.8. The number of hydrogen-bond donors (Lipinski definition) is 1. The summed E-state index contributed by atoms with van der Waals surface area (Å²) in [7, 11) is 1.50. The number of non-ortho nitro benzene ring substituents is 1. The van der Waals surface area contributed by atoms with Gasteiger partial charge in [0.1, 0.15) is 6.61 Å². The maximum Gasteiger partial charge on any atom is 0.338 e. The van der Waals surface area contributed by atoms with Crippen LogP contribution < -0.4 is 5.32 Å². The zero-order valence-corrected chi connectivity index (χ0v) is 17.1. The standard InChI is InChI=1S/C20H27N3O6/c1-13(2)8-9-22-14(3)17(19(24)29-11-10-28-4)18(21-20(22)25)15-6-5-7-16(12-15)23(26)27/h5-7,12-13,18H,8-11H2,1-4H3,(H,21,25)/t18-/m1/s1. The Morgan fingerprint density at radius 3 is 2.69 bits per heavy atom. The van der Waals surface area contributed by atoms with Crippen molar-refractivity contribution in [3.8, 4) is 0 Å². The van der Waals surface area contributed by atoms with Gasteiger partial charge < -0.3 is 14.8 Å². The Labute approximate surface area is 169 Å². The van der Waals surface area contributed by atoms with Gasteiger partial charge in [-0.05, 0) is 24.8 Å². The Bertz CT molecular complexity index is 805. The predicted molar refractivity (Wildman–Crippen MR) is 106 cm³/mol. The summed E-state index contributed by atoms with van der Waals surface area (Å²) in [6, 6.07) is 4.67. The van der Waals surface area contributed by atoms with Gasteiger partial charge in [-0.2, -0.15) is 0 Å². The Balaban J connectivity index is 2.45. The number of nitrogens with one attached hydrogen (secondary N) is 1.